The van der Waals surface area contributed by atoms with E-state index in [1.807, 2.05) is 30.3 Å². The first-order valence-corrected chi connectivity index (χ1v) is 7.33. The summed E-state index contributed by atoms with van der Waals surface area (Å²) in [5.74, 6) is -1.49. The van der Waals surface area contributed by atoms with Gasteiger partial charge in [0.2, 0.25) is 0 Å². The van der Waals surface area contributed by atoms with Crippen molar-refractivity contribution in [2.75, 3.05) is 20.3 Å². The largest absolute Gasteiger partial charge is 0.487 e. The van der Waals surface area contributed by atoms with Crippen molar-refractivity contribution < 1.29 is 24.2 Å². The van der Waals surface area contributed by atoms with E-state index in [-0.39, 0.29) is 18.1 Å². The Balaban J connectivity index is 2.27. The van der Waals surface area contributed by atoms with E-state index in [2.05, 4.69) is 10.4 Å². The average Bonchev–Trinajstić information content (AvgIpc) is 3.00. The van der Waals surface area contributed by atoms with Crippen LogP contribution < -0.4 is 10.1 Å². The molecule has 1 amide bonds. The lowest BCUT2D eigenvalue weighted by Crippen LogP contribution is -2.38. The van der Waals surface area contributed by atoms with Gasteiger partial charge in [0, 0.05) is 7.11 Å². The summed E-state index contributed by atoms with van der Waals surface area (Å²) in [6, 6.07) is 8.17. The first-order chi connectivity index (χ1) is 11.5. The van der Waals surface area contributed by atoms with Crippen LogP contribution in [0.5, 0.6) is 5.75 Å². The van der Waals surface area contributed by atoms with Gasteiger partial charge in [-0.15, -0.1) is 0 Å². The summed E-state index contributed by atoms with van der Waals surface area (Å²) < 4.78 is 11.9. The van der Waals surface area contributed by atoms with Crippen LogP contribution in [0.2, 0.25) is 0 Å². The van der Waals surface area contributed by atoms with E-state index < -0.39 is 17.9 Å². The Bertz CT molecular complexity index is 699. The van der Waals surface area contributed by atoms with Crippen molar-refractivity contribution in [3.63, 3.8) is 0 Å². The molecule has 0 fully saturated rings. The van der Waals surface area contributed by atoms with Crippen LogP contribution in [-0.2, 0) is 9.53 Å². The predicted octanol–water partition coefficient (Wildman–Crippen LogP) is 1.10. The zero-order valence-electron chi connectivity index (χ0n) is 13.4. The molecule has 0 aliphatic heterocycles. The Labute approximate surface area is 139 Å². The highest BCUT2D eigenvalue weighted by atomic mass is 16.5. The molecule has 8 nitrogen and oxygen atoms in total. The van der Waals surface area contributed by atoms with Crippen molar-refractivity contribution in [3.8, 4) is 11.4 Å². The van der Waals surface area contributed by atoms with Crippen LogP contribution in [0.1, 0.15) is 17.4 Å². The van der Waals surface area contributed by atoms with Gasteiger partial charge >= 0.3 is 5.97 Å². The lowest BCUT2D eigenvalue weighted by molar-refractivity contribution is -0.138. The first-order valence-electron chi connectivity index (χ1n) is 7.33. The minimum absolute atomic E-state index is 0.0167. The fraction of sp³-hybridized carbons (Fsp3) is 0.312. The van der Waals surface area contributed by atoms with Gasteiger partial charge in [0.25, 0.3) is 5.91 Å². The van der Waals surface area contributed by atoms with E-state index in [0.29, 0.717) is 6.61 Å². The number of aliphatic carboxylic acids is 1. The van der Waals surface area contributed by atoms with Gasteiger partial charge in [0.15, 0.2) is 11.4 Å². The molecule has 2 N–H and O–H groups in total. The number of hydrogen-bond acceptors (Lipinski definition) is 5. The third-order valence-electron chi connectivity index (χ3n) is 3.18. The monoisotopic (exact) mass is 333 g/mol. The second-order valence-electron chi connectivity index (χ2n) is 5.00. The van der Waals surface area contributed by atoms with Gasteiger partial charge in [-0.05, 0) is 19.1 Å². The highest BCUT2D eigenvalue weighted by Crippen LogP contribution is 2.20. The van der Waals surface area contributed by atoms with Crippen molar-refractivity contribution in [1.29, 1.82) is 0 Å². The van der Waals surface area contributed by atoms with Crippen LogP contribution in [-0.4, -0.2) is 53.1 Å². The number of carbonyl (C=O) groups excluding carboxylic acids is 1. The van der Waals surface area contributed by atoms with Gasteiger partial charge in [0.1, 0.15) is 12.6 Å². The Morgan fingerprint density at radius 1 is 1.29 bits per heavy atom. The molecule has 0 saturated heterocycles. The molecular formula is C16H19N3O5. The SMILES string of the molecule is COCCOc1cn(-c2ccccc2)nc1C(=O)N[C@@H](C)C(=O)O. The smallest absolute Gasteiger partial charge is 0.325 e. The van der Waals surface area contributed by atoms with E-state index in [9.17, 15) is 9.59 Å². The summed E-state index contributed by atoms with van der Waals surface area (Å²) in [5.41, 5.74) is 0.766. The van der Waals surface area contributed by atoms with Crippen LogP contribution in [0.4, 0.5) is 0 Å². The van der Waals surface area contributed by atoms with Crippen LogP contribution in [0, 0.1) is 0 Å². The highest BCUT2D eigenvalue weighted by Gasteiger charge is 2.22. The maximum atomic E-state index is 12.3. The van der Waals surface area contributed by atoms with Crippen molar-refractivity contribution in [2.45, 2.75) is 13.0 Å². The number of carboxylic acids is 1. The maximum Gasteiger partial charge on any atom is 0.325 e. The number of aromatic nitrogens is 2. The second-order valence-corrected chi connectivity index (χ2v) is 5.00. The Morgan fingerprint density at radius 2 is 2.00 bits per heavy atom. The number of carbonyl (C=O) groups is 2. The number of para-hydroxylation sites is 1. The lowest BCUT2D eigenvalue weighted by atomic mass is 10.3. The number of amides is 1. The quantitative estimate of drug-likeness (QED) is 0.701. The fourth-order valence-corrected chi connectivity index (χ4v) is 1.90. The number of nitrogens with zero attached hydrogens (tertiary/aromatic N) is 2. The van der Waals surface area contributed by atoms with E-state index in [1.165, 1.54) is 11.6 Å². The Kier molecular flexibility index (Phi) is 5.91. The highest BCUT2D eigenvalue weighted by molar-refractivity contribution is 5.97. The normalized spacial score (nSPS) is 11.8. The number of methoxy groups -OCH3 is 1. The zero-order chi connectivity index (χ0) is 17.5. The van der Waals surface area contributed by atoms with Crippen molar-refractivity contribution >= 4 is 11.9 Å². The third kappa shape index (κ3) is 4.32. The fourth-order valence-electron chi connectivity index (χ4n) is 1.90. The maximum absolute atomic E-state index is 12.3. The van der Waals surface area contributed by atoms with Crippen LogP contribution in [0.25, 0.3) is 5.69 Å². The molecule has 0 aliphatic carbocycles. The number of carboxylic acid groups (broad SMARTS) is 1. The van der Waals surface area contributed by atoms with Gasteiger partial charge in [-0.3, -0.25) is 9.59 Å². The van der Waals surface area contributed by atoms with E-state index in [0.717, 1.165) is 5.69 Å². The Hall–Kier alpha value is -2.87. The lowest BCUT2D eigenvalue weighted by Gasteiger charge is -2.09. The minimum Gasteiger partial charge on any atom is -0.487 e. The van der Waals surface area contributed by atoms with Crippen molar-refractivity contribution in [3.05, 3.63) is 42.2 Å². The van der Waals surface area contributed by atoms with E-state index in [1.54, 1.807) is 13.3 Å². The summed E-state index contributed by atoms with van der Waals surface area (Å²) in [4.78, 5) is 23.2. The van der Waals surface area contributed by atoms with Gasteiger partial charge in [-0.25, -0.2) is 4.68 Å². The van der Waals surface area contributed by atoms with Gasteiger partial charge < -0.3 is 19.9 Å². The summed E-state index contributed by atoms with van der Waals surface area (Å²) >= 11 is 0. The molecule has 2 aromatic rings. The summed E-state index contributed by atoms with van der Waals surface area (Å²) in [6.07, 6.45) is 1.57. The molecular weight excluding hydrogens is 314 g/mol. The molecule has 24 heavy (non-hydrogen) atoms. The zero-order valence-corrected chi connectivity index (χ0v) is 13.4. The second kappa shape index (κ2) is 8.11. The third-order valence-corrected chi connectivity index (χ3v) is 3.18. The van der Waals surface area contributed by atoms with Crippen molar-refractivity contribution in [2.24, 2.45) is 0 Å². The summed E-state index contributed by atoms with van der Waals surface area (Å²) in [5, 5.41) is 15.5. The molecule has 0 spiro atoms. The van der Waals surface area contributed by atoms with Crippen LogP contribution in [0.3, 0.4) is 0 Å². The first kappa shape index (κ1) is 17.5. The molecule has 8 heteroatoms. The molecule has 0 aliphatic rings. The average molecular weight is 333 g/mol. The molecule has 1 aromatic carbocycles. The summed E-state index contributed by atoms with van der Waals surface area (Å²) in [7, 11) is 1.54. The topological polar surface area (TPSA) is 103 Å². The molecule has 0 radical (unpaired) electrons. The van der Waals surface area contributed by atoms with Crippen molar-refractivity contribution in [1.82, 2.24) is 15.1 Å². The number of rotatable bonds is 8. The molecule has 2 rings (SSSR count). The molecule has 128 valence electrons. The van der Waals surface area contributed by atoms with Crippen LogP contribution in [0.15, 0.2) is 36.5 Å². The molecule has 0 unspecified atom stereocenters. The van der Waals surface area contributed by atoms with E-state index >= 15 is 0 Å². The molecule has 0 saturated carbocycles. The minimum atomic E-state index is -1.13. The molecule has 1 atom stereocenters. The van der Waals surface area contributed by atoms with Gasteiger partial charge in [-0.2, -0.15) is 5.10 Å². The van der Waals surface area contributed by atoms with E-state index in [4.69, 9.17) is 14.6 Å². The standard InChI is InChI=1S/C16H19N3O5/c1-11(16(21)22)17-15(20)14-13(24-9-8-23-2)10-19(18-14)12-6-4-3-5-7-12/h3-7,10-11H,8-9H2,1-2H3,(H,17,20)(H,21,22)/t11-/m0/s1. The molecule has 0 bridgehead atoms. The summed E-state index contributed by atoms with van der Waals surface area (Å²) in [6.45, 7) is 1.97. The molecule has 1 heterocycles. The number of benzene rings is 1. The van der Waals surface area contributed by atoms with Gasteiger partial charge in [0.05, 0.1) is 18.5 Å². The number of nitrogens with one attached hydrogen (secondary N) is 1. The predicted molar refractivity (Wildman–Crippen MR) is 85.5 cm³/mol. The number of hydrogen-bond donors (Lipinski definition) is 2. The van der Waals surface area contributed by atoms with Gasteiger partial charge in [-0.1, -0.05) is 18.2 Å². The molecule has 1 aromatic heterocycles. The number of ether oxygens (including phenoxy) is 2. The Morgan fingerprint density at radius 3 is 2.62 bits per heavy atom. The van der Waals surface area contributed by atoms with Crippen LogP contribution >= 0.6 is 0 Å².